The number of para-hydroxylation sites is 1. The smallest absolute Gasteiger partial charge is 0.280 e. The second-order valence-corrected chi connectivity index (χ2v) is 6.96. The van der Waals surface area contributed by atoms with Crippen molar-refractivity contribution in [2.24, 2.45) is 5.10 Å². The summed E-state index contributed by atoms with van der Waals surface area (Å²) in [5, 5.41) is 14.0. The third-order valence-corrected chi connectivity index (χ3v) is 4.84. The number of nitrogens with zero attached hydrogens (tertiary/aromatic N) is 2. The lowest BCUT2D eigenvalue weighted by Gasteiger charge is -2.12. The number of ether oxygens (including phenoxy) is 1. The average Bonchev–Trinajstić information content (AvgIpc) is 3.18. The molecule has 4 rings (SSSR count). The molecule has 2 N–H and O–H groups in total. The summed E-state index contributed by atoms with van der Waals surface area (Å²) in [6, 6.07) is 26.6. The van der Waals surface area contributed by atoms with Crippen molar-refractivity contribution in [1.29, 1.82) is 5.26 Å². The Morgan fingerprint density at radius 2 is 1.77 bits per heavy atom. The van der Waals surface area contributed by atoms with E-state index >= 15 is 0 Å². The van der Waals surface area contributed by atoms with E-state index in [0.29, 0.717) is 11.3 Å². The van der Waals surface area contributed by atoms with Crippen LogP contribution in [0.2, 0.25) is 0 Å². The maximum absolute atomic E-state index is 12.4. The second-order valence-electron chi connectivity index (χ2n) is 6.96. The number of carbonyl (C=O) groups is 1. The Morgan fingerprint density at radius 1 is 1.06 bits per heavy atom. The van der Waals surface area contributed by atoms with Gasteiger partial charge >= 0.3 is 0 Å². The Bertz CT molecular complexity index is 1270. The third kappa shape index (κ3) is 4.46. The van der Waals surface area contributed by atoms with Crippen LogP contribution in [0.1, 0.15) is 18.1 Å². The van der Waals surface area contributed by atoms with Crippen molar-refractivity contribution in [3.8, 4) is 23.1 Å². The zero-order valence-electron chi connectivity index (χ0n) is 16.9. The summed E-state index contributed by atoms with van der Waals surface area (Å²) in [5.41, 5.74) is 6.92. The quantitative estimate of drug-likeness (QED) is 0.360. The van der Waals surface area contributed by atoms with Crippen LogP contribution in [0.25, 0.3) is 22.2 Å². The maximum Gasteiger partial charge on any atom is 0.280 e. The first-order chi connectivity index (χ1) is 15.2. The predicted octanol–water partition coefficient (Wildman–Crippen LogP) is 4.62. The Balaban J connectivity index is 1.50. The van der Waals surface area contributed by atoms with Crippen molar-refractivity contribution in [2.75, 3.05) is 0 Å². The summed E-state index contributed by atoms with van der Waals surface area (Å²) in [4.78, 5) is 15.8. The molecule has 0 bridgehead atoms. The normalized spacial score (nSPS) is 11.9. The second kappa shape index (κ2) is 8.97. The SMILES string of the molecule is CC(Oc1ccc(C#N)cc1)C(=O)N/N=C/c1c(-c2ccccc2)[nH]c2ccccc12. The number of carbonyl (C=O) groups excluding carboxylic acids is 1. The molecule has 31 heavy (non-hydrogen) atoms. The molecule has 0 radical (unpaired) electrons. The Kier molecular flexibility index (Phi) is 5.77. The van der Waals surface area contributed by atoms with Crippen LogP contribution in [0.4, 0.5) is 0 Å². The van der Waals surface area contributed by atoms with E-state index in [0.717, 1.165) is 27.7 Å². The Morgan fingerprint density at radius 3 is 2.52 bits per heavy atom. The van der Waals surface area contributed by atoms with E-state index in [2.05, 4.69) is 15.5 Å². The van der Waals surface area contributed by atoms with Gasteiger partial charge in [-0.2, -0.15) is 10.4 Å². The van der Waals surface area contributed by atoms with Crippen LogP contribution in [0.5, 0.6) is 5.75 Å². The number of benzene rings is 3. The molecule has 1 heterocycles. The van der Waals surface area contributed by atoms with Gasteiger partial charge in [-0.05, 0) is 42.8 Å². The molecule has 152 valence electrons. The summed E-state index contributed by atoms with van der Waals surface area (Å²) in [6.07, 6.45) is 0.898. The minimum atomic E-state index is -0.748. The average molecular weight is 408 g/mol. The van der Waals surface area contributed by atoms with E-state index in [4.69, 9.17) is 10.00 Å². The Labute approximate surface area is 179 Å². The van der Waals surface area contributed by atoms with Crippen molar-refractivity contribution in [3.05, 3.63) is 90.0 Å². The van der Waals surface area contributed by atoms with E-state index in [-0.39, 0.29) is 5.91 Å². The number of amides is 1. The number of fused-ring (bicyclic) bond motifs is 1. The van der Waals surface area contributed by atoms with Crippen molar-refractivity contribution in [1.82, 2.24) is 10.4 Å². The fourth-order valence-electron chi connectivity index (χ4n) is 3.25. The van der Waals surface area contributed by atoms with Crippen molar-refractivity contribution >= 4 is 23.0 Å². The van der Waals surface area contributed by atoms with Crippen LogP contribution < -0.4 is 10.2 Å². The van der Waals surface area contributed by atoms with E-state index in [1.54, 1.807) is 37.4 Å². The zero-order chi connectivity index (χ0) is 21.6. The number of rotatable bonds is 6. The molecule has 1 atom stereocenters. The van der Waals surface area contributed by atoms with Crippen molar-refractivity contribution in [3.63, 3.8) is 0 Å². The summed E-state index contributed by atoms with van der Waals surface area (Å²) < 4.78 is 5.63. The molecule has 6 heteroatoms. The van der Waals surface area contributed by atoms with Gasteiger partial charge < -0.3 is 9.72 Å². The molecule has 1 aromatic heterocycles. The first-order valence-corrected chi connectivity index (χ1v) is 9.81. The highest BCUT2D eigenvalue weighted by molar-refractivity contribution is 6.06. The molecule has 0 spiro atoms. The molecule has 4 aromatic rings. The number of hydrogen-bond acceptors (Lipinski definition) is 4. The van der Waals surface area contributed by atoms with Crippen LogP contribution in [0.3, 0.4) is 0 Å². The summed E-state index contributed by atoms with van der Waals surface area (Å²) in [7, 11) is 0. The number of nitrogens with one attached hydrogen (secondary N) is 2. The predicted molar refractivity (Wildman–Crippen MR) is 121 cm³/mol. The fourth-order valence-corrected chi connectivity index (χ4v) is 3.25. The summed E-state index contributed by atoms with van der Waals surface area (Å²) in [5.74, 6) is 0.135. The molecule has 0 saturated heterocycles. The van der Waals surface area contributed by atoms with Crippen LogP contribution in [-0.4, -0.2) is 23.2 Å². The lowest BCUT2D eigenvalue weighted by atomic mass is 10.1. The van der Waals surface area contributed by atoms with Crippen LogP contribution >= 0.6 is 0 Å². The van der Waals surface area contributed by atoms with Crippen LogP contribution in [-0.2, 0) is 4.79 Å². The highest BCUT2D eigenvalue weighted by atomic mass is 16.5. The lowest BCUT2D eigenvalue weighted by Crippen LogP contribution is -2.33. The highest BCUT2D eigenvalue weighted by Gasteiger charge is 2.15. The van der Waals surface area contributed by atoms with E-state index in [1.165, 1.54) is 0 Å². The summed E-state index contributed by atoms with van der Waals surface area (Å²) in [6.45, 7) is 1.64. The van der Waals surface area contributed by atoms with Gasteiger partial charge in [0, 0.05) is 16.5 Å². The van der Waals surface area contributed by atoms with E-state index in [1.807, 2.05) is 60.7 Å². The van der Waals surface area contributed by atoms with Gasteiger partial charge in [0.2, 0.25) is 0 Å². The van der Waals surface area contributed by atoms with Crippen molar-refractivity contribution < 1.29 is 9.53 Å². The monoisotopic (exact) mass is 408 g/mol. The molecule has 6 nitrogen and oxygen atoms in total. The Hall–Kier alpha value is -4.37. The van der Waals surface area contributed by atoms with Crippen LogP contribution in [0, 0.1) is 11.3 Å². The number of aromatic amines is 1. The fraction of sp³-hybridized carbons (Fsp3) is 0.0800. The van der Waals surface area contributed by atoms with Gasteiger partial charge in [0.25, 0.3) is 5.91 Å². The minimum absolute atomic E-state index is 0.373. The standard InChI is InChI=1S/C25H20N4O2/c1-17(31-20-13-11-18(15-26)12-14-20)25(30)29-27-16-22-21-9-5-6-10-23(21)28-24(22)19-7-3-2-4-8-19/h2-14,16-17,28H,1H3,(H,29,30)/b27-16+. The van der Waals surface area contributed by atoms with Gasteiger partial charge in [-0.25, -0.2) is 5.43 Å². The van der Waals surface area contributed by atoms with Gasteiger partial charge in [0.1, 0.15) is 5.75 Å². The van der Waals surface area contributed by atoms with Crippen molar-refractivity contribution in [2.45, 2.75) is 13.0 Å². The first kappa shape index (κ1) is 19.9. The van der Waals surface area contributed by atoms with Gasteiger partial charge in [0.15, 0.2) is 6.10 Å². The first-order valence-electron chi connectivity index (χ1n) is 9.81. The topological polar surface area (TPSA) is 90.3 Å². The molecule has 0 fully saturated rings. The van der Waals surface area contributed by atoms with Gasteiger partial charge in [-0.1, -0.05) is 48.5 Å². The molecule has 0 saturated carbocycles. The largest absolute Gasteiger partial charge is 0.481 e. The third-order valence-electron chi connectivity index (χ3n) is 4.84. The maximum atomic E-state index is 12.4. The van der Waals surface area contributed by atoms with Crippen LogP contribution in [0.15, 0.2) is 84.0 Å². The number of H-pyrrole nitrogens is 1. The molecular weight excluding hydrogens is 388 g/mol. The van der Waals surface area contributed by atoms with E-state index < -0.39 is 6.10 Å². The molecule has 3 aromatic carbocycles. The number of aromatic nitrogens is 1. The molecule has 1 amide bonds. The summed E-state index contributed by atoms with van der Waals surface area (Å²) >= 11 is 0. The van der Waals surface area contributed by atoms with Gasteiger partial charge in [-0.3, -0.25) is 4.79 Å². The number of nitriles is 1. The zero-order valence-corrected chi connectivity index (χ0v) is 16.9. The number of hydrazone groups is 1. The van der Waals surface area contributed by atoms with Gasteiger partial charge in [0.05, 0.1) is 23.5 Å². The van der Waals surface area contributed by atoms with Gasteiger partial charge in [-0.15, -0.1) is 0 Å². The molecule has 0 aliphatic rings. The van der Waals surface area contributed by atoms with E-state index in [9.17, 15) is 4.79 Å². The molecule has 0 aliphatic carbocycles. The lowest BCUT2D eigenvalue weighted by molar-refractivity contribution is -0.127. The number of hydrogen-bond donors (Lipinski definition) is 2. The minimum Gasteiger partial charge on any atom is -0.481 e. The molecule has 0 aliphatic heterocycles. The molecular formula is C25H20N4O2. The highest BCUT2D eigenvalue weighted by Crippen LogP contribution is 2.28. The molecule has 1 unspecified atom stereocenters.